The molecule has 1 aliphatic heterocycles. The Morgan fingerprint density at radius 3 is 2.85 bits per heavy atom. The fourth-order valence-electron chi connectivity index (χ4n) is 3.69. The van der Waals surface area contributed by atoms with Gasteiger partial charge in [0.1, 0.15) is 0 Å². The number of amides is 1. The third kappa shape index (κ3) is 4.14. The highest BCUT2D eigenvalue weighted by atomic mass is 16.1. The summed E-state index contributed by atoms with van der Waals surface area (Å²) in [5.74, 6) is 0.619. The van der Waals surface area contributed by atoms with Crippen molar-refractivity contribution in [3.05, 3.63) is 60.4 Å². The summed E-state index contributed by atoms with van der Waals surface area (Å²) in [5, 5.41) is 7.42. The number of nitrogens with one attached hydrogen (secondary N) is 2. The second-order valence-electron chi connectivity index (χ2n) is 7.07. The highest BCUT2D eigenvalue weighted by molar-refractivity contribution is 6.07. The largest absolute Gasteiger partial charge is 0.352 e. The lowest BCUT2D eigenvalue weighted by molar-refractivity contribution is 0.0952. The third-order valence-corrected chi connectivity index (χ3v) is 5.17. The summed E-state index contributed by atoms with van der Waals surface area (Å²) in [6, 6.07) is 13.5. The molecule has 2 N–H and O–H groups in total. The van der Waals surface area contributed by atoms with Gasteiger partial charge in [-0.25, -0.2) is 4.98 Å². The van der Waals surface area contributed by atoms with Gasteiger partial charge in [0, 0.05) is 29.9 Å². The number of benzene rings is 1. The van der Waals surface area contributed by atoms with Gasteiger partial charge in [0.05, 0.1) is 16.8 Å². The Bertz CT molecular complexity index is 920. The van der Waals surface area contributed by atoms with Crippen LogP contribution in [0.3, 0.4) is 0 Å². The Morgan fingerprint density at radius 1 is 1.19 bits per heavy atom. The molecular formula is C22H24N4O. The zero-order chi connectivity index (χ0) is 18.5. The van der Waals surface area contributed by atoms with Crippen LogP contribution in [0.2, 0.25) is 0 Å². The quantitative estimate of drug-likeness (QED) is 0.732. The Hall–Kier alpha value is -2.79. The van der Waals surface area contributed by atoms with Crippen LogP contribution in [0.15, 0.2) is 54.9 Å². The minimum Gasteiger partial charge on any atom is -0.352 e. The monoisotopic (exact) mass is 360 g/mol. The molecule has 0 spiro atoms. The van der Waals surface area contributed by atoms with Gasteiger partial charge in [0.15, 0.2) is 0 Å². The number of aromatic nitrogens is 2. The van der Waals surface area contributed by atoms with Gasteiger partial charge in [-0.15, -0.1) is 0 Å². The van der Waals surface area contributed by atoms with Crippen molar-refractivity contribution in [2.45, 2.75) is 19.3 Å². The molecule has 0 aliphatic carbocycles. The van der Waals surface area contributed by atoms with Gasteiger partial charge in [0.25, 0.3) is 5.91 Å². The van der Waals surface area contributed by atoms with Crippen molar-refractivity contribution < 1.29 is 4.79 Å². The van der Waals surface area contributed by atoms with E-state index in [1.54, 1.807) is 12.4 Å². The minimum absolute atomic E-state index is 0.0346. The number of hydrogen-bond acceptors (Lipinski definition) is 4. The summed E-state index contributed by atoms with van der Waals surface area (Å²) in [7, 11) is 0. The number of carbonyl (C=O) groups excluding carboxylic acids is 1. The number of pyridine rings is 2. The fourth-order valence-corrected chi connectivity index (χ4v) is 3.69. The molecule has 1 unspecified atom stereocenters. The number of carbonyl (C=O) groups is 1. The molecule has 138 valence electrons. The molecule has 5 nitrogen and oxygen atoms in total. The molecule has 3 aromatic rings. The lowest BCUT2D eigenvalue weighted by Crippen LogP contribution is -2.33. The van der Waals surface area contributed by atoms with Crippen molar-refractivity contribution in [3.8, 4) is 11.3 Å². The zero-order valence-corrected chi connectivity index (χ0v) is 15.3. The van der Waals surface area contributed by atoms with Crippen molar-refractivity contribution in [1.29, 1.82) is 0 Å². The highest BCUT2D eigenvalue weighted by Crippen LogP contribution is 2.24. The number of para-hydroxylation sites is 1. The molecule has 0 bridgehead atoms. The van der Waals surface area contributed by atoms with Crippen molar-refractivity contribution in [1.82, 2.24) is 20.6 Å². The summed E-state index contributed by atoms with van der Waals surface area (Å²) in [5.41, 5.74) is 3.25. The van der Waals surface area contributed by atoms with E-state index in [1.807, 2.05) is 42.5 Å². The maximum absolute atomic E-state index is 12.9. The van der Waals surface area contributed by atoms with E-state index < -0.39 is 0 Å². The van der Waals surface area contributed by atoms with Crippen LogP contribution in [-0.4, -0.2) is 35.5 Å². The van der Waals surface area contributed by atoms with Crippen LogP contribution in [0.25, 0.3) is 22.2 Å². The number of rotatable bonds is 5. The van der Waals surface area contributed by atoms with Gasteiger partial charge in [-0.05, 0) is 62.5 Å². The van der Waals surface area contributed by atoms with Gasteiger partial charge in [-0.2, -0.15) is 0 Å². The third-order valence-electron chi connectivity index (χ3n) is 5.17. The Kier molecular flexibility index (Phi) is 5.39. The molecule has 27 heavy (non-hydrogen) atoms. The first kappa shape index (κ1) is 17.6. The second-order valence-corrected chi connectivity index (χ2v) is 7.07. The van der Waals surface area contributed by atoms with E-state index in [1.165, 1.54) is 12.8 Å². The molecule has 1 saturated heterocycles. The normalized spacial score (nSPS) is 17.0. The maximum Gasteiger partial charge on any atom is 0.252 e. The van der Waals surface area contributed by atoms with Crippen LogP contribution in [0, 0.1) is 5.92 Å². The topological polar surface area (TPSA) is 66.9 Å². The number of hydrogen-bond donors (Lipinski definition) is 2. The van der Waals surface area contributed by atoms with E-state index in [0.29, 0.717) is 18.0 Å². The average molecular weight is 360 g/mol. The van der Waals surface area contributed by atoms with Crippen molar-refractivity contribution >= 4 is 16.8 Å². The van der Waals surface area contributed by atoms with E-state index >= 15 is 0 Å². The van der Waals surface area contributed by atoms with Gasteiger partial charge in [0.2, 0.25) is 0 Å². The predicted molar refractivity (Wildman–Crippen MR) is 108 cm³/mol. The standard InChI is InChI=1S/C22H24N4O/c27-22(25-13-7-16-4-3-10-24-15-16)19-14-21(17-8-11-23-12-9-17)26-20-6-2-1-5-18(19)20/h1-2,5-6,8-9,11-12,14,16,24H,3-4,7,10,13,15H2,(H,25,27). The summed E-state index contributed by atoms with van der Waals surface area (Å²) < 4.78 is 0. The van der Waals surface area contributed by atoms with Crippen molar-refractivity contribution in [3.63, 3.8) is 0 Å². The molecule has 2 aromatic heterocycles. The Balaban J connectivity index is 1.56. The van der Waals surface area contributed by atoms with Crippen molar-refractivity contribution in [2.75, 3.05) is 19.6 Å². The number of piperidine rings is 1. The molecule has 0 saturated carbocycles. The van der Waals surface area contributed by atoms with E-state index in [-0.39, 0.29) is 5.91 Å². The van der Waals surface area contributed by atoms with E-state index in [9.17, 15) is 4.79 Å². The molecule has 1 aromatic carbocycles. The van der Waals surface area contributed by atoms with Gasteiger partial charge in [-0.3, -0.25) is 9.78 Å². The van der Waals surface area contributed by atoms with E-state index in [0.717, 1.165) is 41.7 Å². The van der Waals surface area contributed by atoms with Crippen LogP contribution in [0.5, 0.6) is 0 Å². The Labute approximate surface area is 159 Å². The molecule has 4 rings (SSSR count). The van der Waals surface area contributed by atoms with Crippen LogP contribution >= 0.6 is 0 Å². The molecular weight excluding hydrogens is 336 g/mol. The first-order valence-electron chi connectivity index (χ1n) is 9.60. The molecule has 5 heteroatoms. The van der Waals surface area contributed by atoms with Crippen LogP contribution < -0.4 is 10.6 Å². The number of fused-ring (bicyclic) bond motifs is 1. The van der Waals surface area contributed by atoms with Gasteiger partial charge in [-0.1, -0.05) is 18.2 Å². The van der Waals surface area contributed by atoms with Gasteiger partial charge < -0.3 is 10.6 Å². The molecule has 1 amide bonds. The highest BCUT2D eigenvalue weighted by Gasteiger charge is 2.16. The average Bonchev–Trinajstić information content (AvgIpc) is 2.74. The summed E-state index contributed by atoms with van der Waals surface area (Å²) in [4.78, 5) is 21.7. The molecule has 1 atom stereocenters. The Morgan fingerprint density at radius 2 is 2.04 bits per heavy atom. The molecule has 1 aliphatic rings. The number of nitrogens with zero attached hydrogens (tertiary/aromatic N) is 2. The van der Waals surface area contributed by atoms with Gasteiger partial charge >= 0.3 is 0 Å². The molecule has 1 fully saturated rings. The fraction of sp³-hybridized carbons (Fsp3) is 0.318. The second kappa shape index (κ2) is 8.27. The zero-order valence-electron chi connectivity index (χ0n) is 15.3. The van der Waals surface area contributed by atoms with Crippen LogP contribution in [0.4, 0.5) is 0 Å². The van der Waals surface area contributed by atoms with Crippen LogP contribution in [0.1, 0.15) is 29.6 Å². The lowest BCUT2D eigenvalue weighted by atomic mass is 9.96. The maximum atomic E-state index is 12.9. The van der Waals surface area contributed by atoms with Crippen LogP contribution in [-0.2, 0) is 0 Å². The van der Waals surface area contributed by atoms with E-state index in [4.69, 9.17) is 4.98 Å². The summed E-state index contributed by atoms with van der Waals surface area (Å²) >= 11 is 0. The first-order chi connectivity index (χ1) is 13.3. The summed E-state index contributed by atoms with van der Waals surface area (Å²) in [6.07, 6.45) is 6.96. The predicted octanol–water partition coefficient (Wildman–Crippen LogP) is 3.42. The molecule has 0 radical (unpaired) electrons. The minimum atomic E-state index is -0.0346. The first-order valence-corrected chi connectivity index (χ1v) is 9.60. The molecule has 3 heterocycles. The van der Waals surface area contributed by atoms with Crippen molar-refractivity contribution in [2.24, 2.45) is 5.92 Å². The lowest BCUT2D eigenvalue weighted by Gasteiger charge is -2.22. The van der Waals surface area contributed by atoms with E-state index in [2.05, 4.69) is 15.6 Å². The SMILES string of the molecule is O=C(NCCC1CCCNC1)c1cc(-c2ccncc2)nc2ccccc12. The smallest absolute Gasteiger partial charge is 0.252 e. The summed E-state index contributed by atoms with van der Waals surface area (Å²) in [6.45, 7) is 2.87.